The van der Waals surface area contributed by atoms with Crippen molar-refractivity contribution in [3.63, 3.8) is 0 Å². The molecule has 0 saturated carbocycles. The molecule has 0 unspecified atom stereocenters. The molecule has 6 aromatic carbocycles. The highest BCUT2D eigenvalue weighted by atomic mass is 28.3. The van der Waals surface area contributed by atoms with Crippen LogP contribution in [-0.2, 0) is 13.1 Å². The second-order valence-electron chi connectivity index (χ2n) is 19.8. The Morgan fingerprint density at radius 1 is 0.481 bits per heavy atom. The van der Waals surface area contributed by atoms with Crippen molar-refractivity contribution in [3.8, 4) is 33.4 Å². The summed E-state index contributed by atoms with van der Waals surface area (Å²) in [6.07, 6.45) is 0. The number of fused-ring (bicyclic) bond motifs is 7. The largest absolute Gasteiger partial charge is 0.370 e. The number of nitrogens with zero attached hydrogens (tertiary/aromatic N) is 1. The highest BCUT2D eigenvalue weighted by Gasteiger charge is 2.32. The van der Waals surface area contributed by atoms with E-state index >= 15 is 0 Å². The van der Waals surface area contributed by atoms with Gasteiger partial charge in [-0.1, -0.05) is 184 Å². The van der Waals surface area contributed by atoms with Crippen molar-refractivity contribution in [3.05, 3.63) is 108 Å². The lowest BCUT2D eigenvalue weighted by Gasteiger charge is -2.27. The van der Waals surface area contributed by atoms with Crippen molar-refractivity contribution in [2.24, 2.45) is 5.73 Å². The van der Waals surface area contributed by atoms with Gasteiger partial charge < -0.3 is 10.6 Å². The molecular formula is C47H59N3Si4. The number of nitrogens with one attached hydrogen (secondary N) is 1. The van der Waals surface area contributed by atoms with Gasteiger partial charge >= 0.3 is 0 Å². The van der Waals surface area contributed by atoms with Crippen molar-refractivity contribution in [2.45, 2.75) is 91.7 Å². The Bertz CT molecular complexity index is 2240. The minimum Gasteiger partial charge on any atom is -0.370 e. The number of guanidine groups is 1. The van der Waals surface area contributed by atoms with Gasteiger partial charge in [0.25, 0.3) is 0 Å². The van der Waals surface area contributed by atoms with Gasteiger partial charge in [0.15, 0.2) is 5.96 Å². The predicted octanol–water partition coefficient (Wildman–Crippen LogP) is 10.4. The van der Waals surface area contributed by atoms with Gasteiger partial charge in [-0.2, -0.15) is 0 Å². The summed E-state index contributed by atoms with van der Waals surface area (Å²) in [5.41, 5.74) is 16.8. The van der Waals surface area contributed by atoms with E-state index in [9.17, 15) is 0 Å². The Kier molecular flexibility index (Phi) is 9.44. The molecule has 0 radical (unpaired) electrons. The van der Waals surface area contributed by atoms with Gasteiger partial charge in [-0.25, -0.2) is 0 Å². The van der Waals surface area contributed by atoms with Crippen LogP contribution in [0.2, 0.25) is 78.6 Å². The van der Waals surface area contributed by atoms with Gasteiger partial charge in [0.05, 0.1) is 32.3 Å². The average Bonchev–Trinajstić information content (AvgIpc) is 3.27. The second kappa shape index (κ2) is 13.3. The molecular weight excluding hydrogens is 719 g/mol. The highest BCUT2D eigenvalue weighted by Crippen LogP contribution is 2.48. The number of hydrogen-bond donors (Lipinski definition) is 2. The Hall–Kier alpha value is -4.02. The average molecular weight is 778 g/mol. The number of benzene rings is 6. The number of hydrogen-bond acceptors (Lipinski definition) is 1. The maximum Gasteiger partial charge on any atom is 0.188 e. The van der Waals surface area contributed by atoms with E-state index in [4.69, 9.17) is 11.1 Å². The topological polar surface area (TPSA) is 53.1 Å². The van der Waals surface area contributed by atoms with Crippen molar-refractivity contribution in [2.75, 3.05) is 0 Å². The molecule has 0 amide bonds. The molecule has 0 spiro atoms. The molecule has 0 aliphatic carbocycles. The fourth-order valence-corrected chi connectivity index (χ4v) is 13.1. The molecule has 0 aromatic heterocycles. The van der Waals surface area contributed by atoms with E-state index in [1.807, 2.05) is 0 Å². The summed E-state index contributed by atoms with van der Waals surface area (Å²) in [5.74, 6) is 0.115. The van der Waals surface area contributed by atoms with E-state index in [0.717, 1.165) is 0 Å². The summed E-state index contributed by atoms with van der Waals surface area (Å²) < 4.78 is 0. The molecule has 7 rings (SSSR count). The van der Waals surface area contributed by atoms with Crippen molar-refractivity contribution in [1.82, 2.24) is 4.90 Å². The number of rotatable bonds is 6. The van der Waals surface area contributed by atoms with E-state index in [0.29, 0.717) is 13.1 Å². The Balaban J connectivity index is 1.67. The first-order valence-electron chi connectivity index (χ1n) is 19.6. The standard InChI is InChI=1S/C47H59N3Si4/c1-51(2,3)35-21-33(22-36(27-35)52(4,5)6)41-25-31-17-13-15-19-39(31)45-43(41)29-50(47(48)49)30-44-42(26-32-18-14-16-20-40(32)46(44)45)34-23-37(53(7,8)9)28-38(24-34)54(10,11)12/h13-28H,29-30H2,1-12H3,(H3,48,49). The van der Waals surface area contributed by atoms with Gasteiger partial charge in [-0.3, -0.25) is 5.41 Å². The Morgan fingerprint density at radius 3 is 1.09 bits per heavy atom. The summed E-state index contributed by atoms with van der Waals surface area (Å²) in [4.78, 5) is 2.12. The predicted molar refractivity (Wildman–Crippen MR) is 251 cm³/mol. The molecule has 0 fully saturated rings. The van der Waals surface area contributed by atoms with Crippen LogP contribution in [0.3, 0.4) is 0 Å². The maximum absolute atomic E-state index is 9.03. The lowest BCUT2D eigenvalue weighted by molar-refractivity contribution is 0.405. The second-order valence-corrected chi connectivity index (χ2v) is 40.1. The summed E-state index contributed by atoms with van der Waals surface area (Å²) in [6.45, 7) is 30.7. The molecule has 3 N–H and O–H groups in total. The third-order valence-corrected chi connectivity index (χ3v) is 19.6. The van der Waals surface area contributed by atoms with Crippen LogP contribution in [0.15, 0.2) is 97.1 Å². The van der Waals surface area contributed by atoms with Gasteiger partial charge in [0.1, 0.15) is 0 Å². The van der Waals surface area contributed by atoms with Crippen LogP contribution in [0.1, 0.15) is 11.1 Å². The molecule has 0 saturated heterocycles. The summed E-state index contributed by atoms with van der Waals surface area (Å²) in [7, 11) is -6.60. The summed E-state index contributed by atoms with van der Waals surface area (Å²) in [5, 5.41) is 20.1. The van der Waals surface area contributed by atoms with Crippen LogP contribution in [-0.4, -0.2) is 43.2 Å². The minimum absolute atomic E-state index is 0.115. The zero-order valence-electron chi connectivity index (χ0n) is 34.7. The number of nitrogens with two attached hydrogens (primary N) is 1. The smallest absolute Gasteiger partial charge is 0.188 e. The highest BCUT2D eigenvalue weighted by molar-refractivity contribution is 6.92. The fourth-order valence-electron chi connectivity index (χ4n) is 8.10. The van der Waals surface area contributed by atoms with Crippen LogP contribution in [0.5, 0.6) is 0 Å². The van der Waals surface area contributed by atoms with Gasteiger partial charge in [-0.15, -0.1) is 0 Å². The molecule has 1 heterocycles. The van der Waals surface area contributed by atoms with Crippen LogP contribution in [0, 0.1) is 5.41 Å². The molecule has 3 nitrogen and oxygen atoms in total. The van der Waals surface area contributed by atoms with E-state index in [1.54, 1.807) is 0 Å². The summed E-state index contributed by atoms with van der Waals surface area (Å²) in [6, 6.07) is 37.9. The normalized spacial score (nSPS) is 13.9. The molecule has 278 valence electrons. The van der Waals surface area contributed by atoms with Crippen LogP contribution >= 0.6 is 0 Å². The first-order chi connectivity index (χ1) is 25.1. The lowest BCUT2D eigenvalue weighted by Crippen LogP contribution is -2.45. The van der Waals surface area contributed by atoms with E-state index < -0.39 is 32.3 Å². The van der Waals surface area contributed by atoms with Gasteiger partial charge in [-0.05, 0) is 78.2 Å². The van der Waals surface area contributed by atoms with Crippen molar-refractivity contribution in [1.29, 1.82) is 5.41 Å². The maximum atomic E-state index is 9.03. The minimum atomic E-state index is -1.65. The van der Waals surface area contributed by atoms with Gasteiger partial charge in [0.2, 0.25) is 0 Å². The van der Waals surface area contributed by atoms with Crippen LogP contribution < -0.4 is 26.5 Å². The zero-order valence-corrected chi connectivity index (χ0v) is 38.7. The lowest BCUT2D eigenvalue weighted by atomic mass is 9.82. The molecule has 6 aromatic rings. The first kappa shape index (κ1) is 38.3. The molecule has 54 heavy (non-hydrogen) atoms. The quantitative estimate of drug-likeness (QED) is 0.101. The van der Waals surface area contributed by atoms with Crippen LogP contribution in [0.25, 0.3) is 54.9 Å². The molecule has 7 heteroatoms. The van der Waals surface area contributed by atoms with Crippen molar-refractivity contribution >= 4 is 80.5 Å². The summed E-state index contributed by atoms with van der Waals surface area (Å²) >= 11 is 0. The molecule has 1 aliphatic heterocycles. The molecule has 1 aliphatic rings. The SMILES string of the molecule is C[Si](C)(C)c1cc(-c2cc3ccccc3c3c2CN(C(=N)N)Cc2c(-c4cc([Si](C)(C)C)cc([Si](C)(C)C)c4)cc4ccccc4c2-3)cc([Si](C)(C)C)c1. The van der Waals surface area contributed by atoms with E-state index in [1.165, 1.54) is 86.8 Å². The Labute approximate surface area is 328 Å². The monoisotopic (exact) mass is 777 g/mol. The first-order valence-corrected chi connectivity index (χ1v) is 33.6. The van der Waals surface area contributed by atoms with E-state index in [2.05, 4.69) is 181 Å². The molecule has 0 bridgehead atoms. The fraction of sp³-hybridized carbons (Fsp3) is 0.298. The Morgan fingerprint density at radius 2 is 0.796 bits per heavy atom. The third-order valence-electron chi connectivity index (χ3n) is 11.6. The van der Waals surface area contributed by atoms with Gasteiger partial charge in [0, 0.05) is 13.1 Å². The molecule has 0 atom stereocenters. The van der Waals surface area contributed by atoms with Crippen LogP contribution in [0.4, 0.5) is 0 Å². The zero-order chi connectivity index (χ0) is 39.1. The third kappa shape index (κ3) is 7.12. The van der Waals surface area contributed by atoms with Crippen molar-refractivity contribution < 1.29 is 0 Å². The van der Waals surface area contributed by atoms with E-state index in [-0.39, 0.29) is 5.96 Å².